The maximum atomic E-state index is 11.6. The summed E-state index contributed by atoms with van der Waals surface area (Å²) < 4.78 is 23.2. The number of fused-ring (bicyclic) bond motifs is 1. The van der Waals surface area contributed by atoms with Crippen LogP contribution in [-0.2, 0) is 14.6 Å². The van der Waals surface area contributed by atoms with E-state index in [0.29, 0.717) is 4.90 Å². The monoisotopic (exact) mass is 210 g/mol. The fourth-order valence-corrected chi connectivity index (χ4v) is 3.76. The summed E-state index contributed by atoms with van der Waals surface area (Å²) >= 11 is 0. The molecule has 0 fully saturated rings. The molecule has 0 N–H and O–H groups in total. The first kappa shape index (κ1) is 9.40. The highest BCUT2D eigenvalue weighted by molar-refractivity contribution is 7.91. The summed E-state index contributed by atoms with van der Waals surface area (Å²) in [5.74, 6) is -0.0702. The molecule has 1 aromatic rings. The Hall–Kier alpha value is -1.16. The predicted molar refractivity (Wildman–Crippen MR) is 51.9 cm³/mol. The van der Waals surface area contributed by atoms with E-state index >= 15 is 0 Å². The topological polar surface area (TPSA) is 51.2 Å². The molecule has 1 aliphatic heterocycles. The van der Waals surface area contributed by atoms with Crippen LogP contribution in [0.3, 0.4) is 0 Å². The van der Waals surface area contributed by atoms with Gasteiger partial charge in [0, 0.05) is 12.3 Å². The second-order valence-electron chi connectivity index (χ2n) is 3.42. The Labute approximate surface area is 82.7 Å². The number of benzene rings is 1. The van der Waals surface area contributed by atoms with Crippen LogP contribution in [0, 0.1) is 0 Å². The summed E-state index contributed by atoms with van der Waals surface area (Å²) in [6, 6.07) is 6.90. The molecular formula is C10H10O3S. The van der Waals surface area contributed by atoms with Crippen molar-refractivity contribution in [1.29, 1.82) is 0 Å². The van der Waals surface area contributed by atoms with Gasteiger partial charge in [0.2, 0.25) is 0 Å². The first-order chi connectivity index (χ1) is 6.65. The highest BCUT2D eigenvalue weighted by Gasteiger charge is 2.33. The molecular weight excluding hydrogens is 200 g/mol. The third-order valence-corrected chi connectivity index (χ3v) is 4.38. The van der Waals surface area contributed by atoms with Crippen LogP contribution in [0.15, 0.2) is 29.2 Å². The maximum absolute atomic E-state index is 11.6. The molecule has 2 rings (SSSR count). The lowest BCUT2D eigenvalue weighted by molar-refractivity contribution is -0.108. The van der Waals surface area contributed by atoms with E-state index in [1.54, 1.807) is 24.3 Å². The fraction of sp³-hybridized carbons (Fsp3) is 0.300. The molecule has 0 spiro atoms. The van der Waals surface area contributed by atoms with Crippen LogP contribution in [0.25, 0.3) is 0 Å². The van der Waals surface area contributed by atoms with E-state index in [4.69, 9.17) is 0 Å². The molecule has 4 heteroatoms. The summed E-state index contributed by atoms with van der Waals surface area (Å²) in [6.45, 7) is 0. The van der Waals surface area contributed by atoms with Crippen molar-refractivity contribution in [3.8, 4) is 0 Å². The summed E-state index contributed by atoms with van der Waals surface area (Å²) in [7, 11) is -3.14. The number of aldehydes is 1. The Bertz CT molecular complexity index is 462. The number of sulfone groups is 1. The normalized spacial score (nSPS) is 23.0. The molecule has 1 heterocycles. The lowest BCUT2D eigenvalue weighted by Gasteiger charge is -2.03. The minimum absolute atomic E-state index is 0.0745. The zero-order chi connectivity index (χ0) is 10.2. The molecule has 0 saturated carbocycles. The van der Waals surface area contributed by atoms with Gasteiger partial charge >= 0.3 is 0 Å². The first-order valence-corrected chi connectivity index (χ1v) is 6.05. The Kier molecular flexibility index (Phi) is 2.15. The van der Waals surface area contributed by atoms with E-state index in [1.165, 1.54) is 0 Å². The van der Waals surface area contributed by atoms with Gasteiger partial charge in [0.05, 0.1) is 10.6 Å². The van der Waals surface area contributed by atoms with Gasteiger partial charge in [-0.15, -0.1) is 0 Å². The van der Waals surface area contributed by atoms with E-state index in [0.717, 1.165) is 11.8 Å². The average Bonchev–Trinajstić information content (AvgIpc) is 2.41. The standard InChI is InChI=1S/C10H10O3S/c11-6-5-8-7-14(12,13)10-4-2-1-3-9(8)10/h1-4,6,8H,5,7H2. The maximum Gasteiger partial charge on any atom is 0.179 e. The number of hydrogen-bond donors (Lipinski definition) is 0. The van der Waals surface area contributed by atoms with Crippen molar-refractivity contribution in [2.75, 3.05) is 5.75 Å². The smallest absolute Gasteiger partial charge is 0.179 e. The Morgan fingerprint density at radius 3 is 2.79 bits per heavy atom. The first-order valence-electron chi connectivity index (χ1n) is 4.40. The van der Waals surface area contributed by atoms with Crippen LogP contribution in [0.2, 0.25) is 0 Å². The van der Waals surface area contributed by atoms with Gasteiger partial charge < -0.3 is 4.79 Å². The second-order valence-corrected chi connectivity index (χ2v) is 5.42. The van der Waals surface area contributed by atoms with E-state index in [9.17, 15) is 13.2 Å². The van der Waals surface area contributed by atoms with Gasteiger partial charge in [0.1, 0.15) is 6.29 Å². The molecule has 74 valence electrons. The summed E-state index contributed by atoms with van der Waals surface area (Å²) in [5.41, 5.74) is 0.791. The fourth-order valence-electron chi connectivity index (χ4n) is 1.86. The number of carbonyl (C=O) groups is 1. The Balaban J connectivity index is 2.54. The van der Waals surface area contributed by atoms with Crippen molar-refractivity contribution in [2.45, 2.75) is 17.2 Å². The molecule has 1 unspecified atom stereocenters. The molecule has 0 bridgehead atoms. The summed E-state index contributed by atoms with van der Waals surface area (Å²) in [5, 5.41) is 0. The van der Waals surface area contributed by atoms with E-state index in [-0.39, 0.29) is 18.1 Å². The zero-order valence-corrected chi connectivity index (χ0v) is 8.33. The second kappa shape index (κ2) is 3.20. The molecule has 1 aliphatic rings. The van der Waals surface area contributed by atoms with Crippen molar-refractivity contribution < 1.29 is 13.2 Å². The molecule has 1 aromatic carbocycles. The van der Waals surface area contributed by atoms with Gasteiger partial charge in [-0.25, -0.2) is 8.42 Å². The van der Waals surface area contributed by atoms with Crippen LogP contribution in [0.4, 0.5) is 0 Å². The van der Waals surface area contributed by atoms with Gasteiger partial charge in [-0.1, -0.05) is 18.2 Å². The minimum Gasteiger partial charge on any atom is -0.303 e. The van der Waals surface area contributed by atoms with E-state index in [1.807, 2.05) is 0 Å². The van der Waals surface area contributed by atoms with Gasteiger partial charge in [-0.2, -0.15) is 0 Å². The summed E-state index contributed by atoms with van der Waals surface area (Å²) in [6.07, 6.45) is 1.07. The lowest BCUT2D eigenvalue weighted by Crippen LogP contribution is -2.03. The zero-order valence-electron chi connectivity index (χ0n) is 7.51. The number of hydrogen-bond acceptors (Lipinski definition) is 3. The number of carbonyl (C=O) groups excluding carboxylic acids is 1. The molecule has 3 nitrogen and oxygen atoms in total. The molecule has 0 amide bonds. The quantitative estimate of drug-likeness (QED) is 0.688. The predicted octanol–water partition coefficient (Wildman–Crippen LogP) is 1.15. The highest BCUT2D eigenvalue weighted by atomic mass is 32.2. The highest BCUT2D eigenvalue weighted by Crippen LogP contribution is 2.35. The SMILES string of the molecule is O=CCC1CS(=O)(=O)c2ccccc21. The van der Waals surface area contributed by atoms with E-state index in [2.05, 4.69) is 0 Å². The van der Waals surface area contributed by atoms with Crippen LogP contribution >= 0.6 is 0 Å². The van der Waals surface area contributed by atoms with Crippen LogP contribution in [-0.4, -0.2) is 20.5 Å². The molecule has 0 aromatic heterocycles. The van der Waals surface area contributed by atoms with Crippen LogP contribution in [0.1, 0.15) is 17.9 Å². The third kappa shape index (κ3) is 1.35. The third-order valence-electron chi connectivity index (χ3n) is 2.50. The van der Waals surface area contributed by atoms with Gasteiger partial charge in [-0.05, 0) is 11.6 Å². The van der Waals surface area contributed by atoms with Crippen molar-refractivity contribution in [3.05, 3.63) is 29.8 Å². The lowest BCUT2D eigenvalue weighted by atomic mass is 9.99. The molecule has 0 saturated heterocycles. The van der Waals surface area contributed by atoms with E-state index < -0.39 is 9.84 Å². The Morgan fingerprint density at radius 2 is 2.07 bits per heavy atom. The van der Waals surface area contributed by atoms with Gasteiger partial charge in [-0.3, -0.25) is 0 Å². The van der Waals surface area contributed by atoms with Crippen molar-refractivity contribution in [3.63, 3.8) is 0 Å². The Morgan fingerprint density at radius 1 is 1.36 bits per heavy atom. The summed E-state index contributed by atoms with van der Waals surface area (Å²) in [4.78, 5) is 10.8. The molecule has 0 aliphatic carbocycles. The van der Waals surface area contributed by atoms with Crippen LogP contribution < -0.4 is 0 Å². The molecule has 14 heavy (non-hydrogen) atoms. The average molecular weight is 210 g/mol. The number of rotatable bonds is 2. The van der Waals surface area contributed by atoms with Crippen molar-refractivity contribution >= 4 is 16.1 Å². The molecule has 1 atom stereocenters. The van der Waals surface area contributed by atoms with Crippen LogP contribution in [0.5, 0.6) is 0 Å². The largest absolute Gasteiger partial charge is 0.303 e. The van der Waals surface area contributed by atoms with Gasteiger partial charge in [0.25, 0.3) is 0 Å². The minimum atomic E-state index is -3.14. The van der Waals surface area contributed by atoms with Crippen molar-refractivity contribution in [1.82, 2.24) is 0 Å². The molecule has 0 radical (unpaired) electrons. The van der Waals surface area contributed by atoms with Gasteiger partial charge in [0.15, 0.2) is 9.84 Å². The van der Waals surface area contributed by atoms with Crippen molar-refractivity contribution in [2.24, 2.45) is 0 Å².